The summed E-state index contributed by atoms with van der Waals surface area (Å²) in [5.74, 6) is -0.839. The average molecular weight is 257 g/mol. The van der Waals surface area contributed by atoms with Gasteiger partial charge in [-0.2, -0.15) is 0 Å². The molecule has 1 unspecified atom stereocenters. The molecule has 0 spiro atoms. The minimum Gasteiger partial charge on any atom is -0.481 e. The highest BCUT2D eigenvalue weighted by Crippen LogP contribution is 2.08. The molecule has 1 rings (SSSR count). The number of carbonyl (C=O) groups is 2. The largest absolute Gasteiger partial charge is 0.481 e. The zero-order valence-electron chi connectivity index (χ0n) is 10.9. The third-order valence-electron chi connectivity index (χ3n) is 3.17. The van der Waals surface area contributed by atoms with Crippen molar-refractivity contribution in [3.8, 4) is 0 Å². The Morgan fingerprint density at radius 2 is 2.22 bits per heavy atom. The first kappa shape index (κ1) is 14.9. The summed E-state index contributed by atoms with van der Waals surface area (Å²) in [5.41, 5.74) is 0. The van der Waals surface area contributed by atoms with Gasteiger partial charge in [0.05, 0.1) is 6.54 Å². The van der Waals surface area contributed by atoms with Gasteiger partial charge in [-0.1, -0.05) is 0 Å². The lowest BCUT2D eigenvalue weighted by molar-refractivity contribution is -0.137. The molecule has 1 aliphatic rings. The molecule has 1 saturated heterocycles. The van der Waals surface area contributed by atoms with Gasteiger partial charge in [0.2, 0.25) is 5.91 Å². The van der Waals surface area contributed by atoms with Crippen LogP contribution < -0.4 is 10.6 Å². The van der Waals surface area contributed by atoms with E-state index in [-0.39, 0.29) is 12.3 Å². The Morgan fingerprint density at radius 1 is 1.44 bits per heavy atom. The van der Waals surface area contributed by atoms with Gasteiger partial charge in [-0.05, 0) is 32.9 Å². The Kier molecular flexibility index (Phi) is 6.67. The van der Waals surface area contributed by atoms with E-state index < -0.39 is 5.97 Å². The summed E-state index contributed by atoms with van der Waals surface area (Å²) in [6, 6.07) is 0.471. The van der Waals surface area contributed by atoms with Gasteiger partial charge in [-0.15, -0.1) is 0 Å². The van der Waals surface area contributed by atoms with Crippen molar-refractivity contribution in [2.75, 3.05) is 33.2 Å². The molecule has 0 aromatic heterocycles. The van der Waals surface area contributed by atoms with Crippen LogP contribution in [0.1, 0.15) is 25.7 Å². The fourth-order valence-electron chi connectivity index (χ4n) is 2.16. The van der Waals surface area contributed by atoms with E-state index in [0.717, 1.165) is 25.9 Å². The zero-order chi connectivity index (χ0) is 13.4. The molecule has 6 heteroatoms. The maximum atomic E-state index is 11.6. The zero-order valence-corrected chi connectivity index (χ0v) is 10.9. The van der Waals surface area contributed by atoms with Crippen molar-refractivity contribution in [2.24, 2.45) is 0 Å². The molecule has 18 heavy (non-hydrogen) atoms. The minimum atomic E-state index is -0.822. The number of carbonyl (C=O) groups excluding carboxylic acids is 1. The van der Waals surface area contributed by atoms with Crippen LogP contribution in [-0.4, -0.2) is 61.2 Å². The van der Waals surface area contributed by atoms with Crippen LogP contribution in [0.4, 0.5) is 0 Å². The van der Waals surface area contributed by atoms with Crippen molar-refractivity contribution >= 4 is 11.9 Å². The summed E-state index contributed by atoms with van der Waals surface area (Å²) in [5, 5.41) is 14.5. The SMILES string of the molecule is CNC1CCCN(CC(=O)NCCCC(=O)O)C1. The minimum absolute atomic E-state index is 0.0165. The van der Waals surface area contributed by atoms with E-state index in [1.165, 1.54) is 0 Å². The molecule has 1 heterocycles. The van der Waals surface area contributed by atoms with E-state index in [9.17, 15) is 9.59 Å². The molecule has 1 fully saturated rings. The molecule has 104 valence electrons. The van der Waals surface area contributed by atoms with E-state index in [2.05, 4.69) is 15.5 Å². The first-order valence-electron chi connectivity index (χ1n) is 6.50. The highest BCUT2D eigenvalue weighted by atomic mass is 16.4. The van der Waals surface area contributed by atoms with Gasteiger partial charge in [-0.25, -0.2) is 0 Å². The molecule has 0 saturated carbocycles. The third-order valence-corrected chi connectivity index (χ3v) is 3.17. The van der Waals surface area contributed by atoms with Gasteiger partial charge >= 0.3 is 5.97 Å². The van der Waals surface area contributed by atoms with Crippen molar-refractivity contribution in [1.29, 1.82) is 0 Å². The molecule has 0 bridgehead atoms. The van der Waals surface area contributed by atoms with Crippen molar-refractivity contribution in [3.05, 3.63) is 0 Å². The normalized spacial score (nSPS) is 20.6. The number of carboxylic acids is 1. The highest BCUT2D eigenvalue weighted by molar-refractivity contribution is 5.78. The lowest BCUT2D eigenvalue weighted by atomic mass is 10.1. The Balaban J connectivity index is 2.13. The number of rotatable bonds is 7. The predicted octanol–water partition coefficient (Wildman–Crippen LogP) is -0.349. The molecule has 0 aromatic rings. The summed E-state index contributed by atoms with van der Waals surface area (Å²) in [6.07, 6.45) is 2.86. The topological polar surface area (TPSA) is 81.7 Å². The first-order valence-corrected chi connectivity index (χ1v) is 6.50. The van der Waals surface area contributed by atoms with E-state index >= 15 is 0 Å². The third kappa shape index (κ3) is 5.97. The second-order valence-electron chi connectivity index (χ2n) is 4.71. The van der Waals surface area contributed by atoms with Gasteiger partial charge in [0.1, 0.15) is 0 Å². The fraction of sp³-hybridized carbons (Fsp3) is 0.833. The summed E-state index contributed by atoms with van der Waals surface area (Å²) in [7, 11) is 1.94. The van der Waals surface area contributed by atoms with E-state index in [4.69, 9.17) is 5.11 Å². The maximum Gasteiger partial charge on any atom is 0.303 e. The van der Waals surface area contributed by atoms with Crippen LogP contribution in [0.15, 0.2) is 0 Å². The number of nitrogens with one attached hydrogen (secondary N) is 2. The second kappa shape index (κ2) is 8.05. The van der Waals surface area contributed by atoms with Crippen molar-refractivity contribution < 1.29 is 14.7 Å². The van der Waals surface area contributed by atoms with E-state index in [1.54, 1.807) is 0 Å². The van der Waals surface area contributed by atoms with Gasteiger partial charge in [0, 0.05) is 25.6 Å². The molecule has 0 radical (unpaired) electrons. The van der Waals surface area contributed by atoms with Crippen molar-refractivity contribution in [3.63, 3.8) is 0 Å². The van der Waals surface area contributed by atoms with Gasteiger partial charge in [0.15, 0.2) is 0 Å². The number of hydrogen-bond donors (Lipinski definition) is 3. The molecule has 1 atom stereocenters. The fourth-order valence-corrected chi connectivity index (χ4v) is 2.16. The summed E-state index contributed by atoms with van der Waals surface area (Å²) in [6.45, 7) is 2.71. The monoisotopic (exact) mass is 257 g/mol. The lowest BCUT2D eigenvalue weighted by Gasteiger charge is -2.31. The molecule has 3 N–H and O–H groups in total. The Morgan fingerprint density at radius 3 is 2.89 bits per heavy atom. The standard InChI is InChI=1S/C12H23N3O3/c1-13-10-4-3-7-15(8-10)9-11(16)14-6-2-5-12(17)18/h10,13H,2-9H2,1H3,(H,14,16)(H,17,18). The number of amides is 1. The van der Waals surface area contributed by atoms with Crippen LogP contribution in [0.2, 0.25) is 0 Å². The van der Waals surface area contributed by atoms with Crippen molar-refractivity contribution in [1.82, 2.24) is 15.5 Å². The van der Waals surface area contributed by atoms with Crippen LogP contribution in [0, 0.1) is 0 Å². The number of hydrogen-bond acceptors (Lipinski definition) is 4. The average Bonchev–Trinajstić information content (AvgIpc) is 2.34. The van der Waals surface area contributed by atoms with Crippen molar-refractivity contribution in [2.45, 2.75) is 31.7 Å². The van der Waals surface area contributed by atoms with Crippen LogP contribution in [-0.2, 0) is 9.59 Å². The van der Waals surface area contributed by atoms with Crippen LogP contribution >= 0.6 is 0 Å². The number of likely N-dealkylation sites (tertiary alicyclic amines) is 1. The molecule has 1 aliphatic heterocycles. The van der Waals surface area contributed by atoms with Gasteiger partial charge in [-0.3, -0.25) is 14.5 Å². The number of likely N-dealkylation sites (N-methyl/N-ethyl adjacent to an activating group) is 1. The second-order valence-corrected chi connectivity index (χ2v) is 4.71. The summed E-state index contributed by atoms with van der Waals surface area (Å²) < 4.78 is 0. The van der Waals surface area contributed by atoms with E-state index in [1.807, 2.05) is 7.05 Å². The molecule has 6 nitrogen and oxygen atoms in total. The number of carboxylic acid groups (broad SMARTS) is 1. The Hall–Kier alpha value is -1.14. The summed E-state index contributed by atoms with van der Waals surface area (Å²) in [4.78, 5) is 24.1. The molecular formula is C12H23N3O3. The Labute approximate surface area is 108 Å². The smallest absolute Gasteiger partial charge is 0.303 e. The van der Waals surface area contributed by atoms with Crippen LogP contribution in [0.5, 0.6) is 0 Å². The van der Waals surface area contributed by atoms with E-state index in [0.29, 0.717) is 25.6 Å². The number of piperidine rings is 1. The molecule has 1 amide bonds. The maximum absolute atomic E-state index is 11.6. The highest BCUT2D eigenvalue weighted by Gasteiger charge is 2.19. The van der Waals surface area contributed by atoms with Gasteiger partial charge < -0.3 is 15.7 Å². The predicted molar refractivity (Wildman–Crippen MR) is 68.4 cm³/mol. The quantitative estimate of drug-likeness (QED) is 0.543. The van der Waals surface area contributed by atoms with Crippen LogP contribution in [0.25, 0.3) is 0 Å². The first-order chi connectivity index (χ1) is 8.61. The lowest BCUT2D eigenvalue weighted by Crippen LogP contribution is -2.48. The Bertz CT molecular complexity index is 284. The summed E-state index contributed by atoms with van der Waals surface area (Å²) >= 11 is 0. The van der Waals surface area contributed by atoms with Crippen LogP contribution in [0.3, 0.4) is 0 Å². The number of aliphatic carboxylic acids is 1. The molecular weight excluding hydrogens is 234 g/mol. The number of nitrogens with zero attached hydrogens (tertiary/aromatic N) is 1. The molecule has 0 aromatic carbocycles. The van der Waals surface area contributed by atoms with Gasteiger partial charge in [0.25, 0.3) is 0 Å². The molecule has 0 aliphatic carbocycles.